The number of methoxy groups -OCH3 is 2. The highest BCUT2D eigenvalue weighted by atomic mass is 16.5. The number of nitrogens with zero attached hydrogens (tertiary/aromatic N) is 1. The Kier molecular flexibility index (Phi) is 7.89. The van der Waals surface area contributed by atoms with Gasteiger partial charge in [0.15, 0.2) is 5.96 Å². The van der Waals surface area contributed by atoms with Crippen molar-refractivity contribution in [2.24, 2.45) is 4.99 Å². The molecule has 1 atom stereocenters. The van der Waals surface area contributed by atoms with E-state index in [4.69, 9.17) is 9.47 Å². The molecule has 2 N–H and O–H groups in total. The van der Waals surface area contributed by atoms with Crippen LogP contribution in [0.2, 0.25) is 0 Å². The second-order valence-electron chi connectivity index (χ2n) is 6.18. The van der Waals surface area contributed by atoms with Crippen LogP contribution in [-0.4, -0.2) is 45.4 Å². The summed E-state index contributed by atoms with van der Waals surface area (Å²) in [5, 5.41) is 6.66. The van der Waals surface area contributed by atoms with Crippen LogP contribution in [-0.2, 0) is 4.74 Å². The van der Waals surface area contributed by atoms with Crippen LogP contribution < -0.4 is 15.4 Å². The van der Waals surface area contributed by atoms with Crippen LogP contribution in [0.25, 0.3) is 0 Å². The number of para-hydroxylation sites is 1. The van der Waals surface area contributed by atoms with E-state index < -0.39 is 0 Å². The summed E-state index contributed by atoms with van der Waals surface area (Å²) in [5.74, 6) is 2.04. The molecule has 130 valence electrons. The number of hydrogen-bond acceptors (Lipinski definition) is 3. The van der Waals surface area contributed by atoms with Gasteiger partial charge in [-0.15, -0.1) is 0 Å². The highest BCUT2D eigenvalue weighted by Crippen LogP contribution is 2.25. The maximum Gasteiger partial charge on any atom is 0.191 e. The molecule has 0 heterocycles. The smallest absolute Gasteiger partial charge is 0.191 e. The maximum atomic E-state index is 5.44. The van der Waals surface area contributed by atoms with Crippen LogP contribution in [0.4, 0.5) is 0 Å². The predicted molar refractivity (Wildman–Crippen MR) is 96.5 cm³/mol. The molecule has 0 aliphatic carbocycles. The lowest BCUT2D eigenvalue weighted by molar-refractivity contribution is 0.0310. The zero-order chi connectivity index (χ0) is 17.3. The van der Waals surface area contributed by atoms with Crippen molar-refractivity contribution < 1.29 is 9.47 Å². The minimum Gasteiger partial charge on any atom is -0.496 e. The Morgan fingerprint density at radius 3 is 2.52 bits per heavy atom. The molecular weight excluding hydrogens is 290 g/mol. The molecule has 0 aromatic heterocycles. The largest absolute Gasteiger partial charge is 0.496 e. The molecule has 0 fully saturated rings. The van der Waals surface area contributed by atoms with Crippen molar-refractivity contribution in [3.05, 3.63) is 29.8 Å². The lowest BCUT2D eigenvalue weighted by Crippen LogP contribution is -2.40. The first-order chi connectivity index (χ1) is 10.9. The van der Waals surface area contributed by atoms with Crippen molar-refractivity contribution in [3.63, 3.8) is 0 Å². The van der Waals surface area contributed by atoms with Gasteiger partial charge in [0.2, 0.25) is 0 Å². The van der Waals surface area contributed by atoms with E-state index in [0.717, 1.165) is 24.8 Å². The van der Waals surface area contributed by atoms with Gasteiger partial charge in [0.05, 0.1) is 19.3 Å². The van der Waals surface area contributed by atoms with Crippen molar-refractivity contribution >= 4 is 5.96 Å². The second-order valence-corrected chi connectivity index (χ2v) is 6.18. The number of benzene rings is 1. The Balaban J connectivity index is 2.69. The van der Waals surface area contributed by atoms with Gasteiger partial charge in [-0.05, 0) is 32.4 Å². The van der Waals surface area contributed by atoms with Gasteiger partial charge in [0.1, 0.15) is 5.75 Å². The number of rotatable bonds is 8. The van der Waals surface area contributed by atoms with Crippen molar-refractivity contribution in [2.75, 3.05) is 33.9 Å². The minimum atomic E-state index is -0.267. The highest BCUT2D eigenvalue weighted by Gasteiger charge is 2.16. The van der Waals surface area contributed by atoms with E-state index in [-0.39, 0.29) is 5.60 Å². The van der Waals surface area contributed by atoms with Gasteiger partial charge >= 0.3 is 0 Å². The average Bonchev–Trinajstić information content (AvgIpc) is 2.57. The fourth-order valence-electron chi connectivity index (χ4n) is 2.11. The van der Waals surface area contributed by atoms with Gasteiger partial charge in [-0.25, -0.2) is 0 Å². The molecule has 0 aliphatic rings. The number of guanidine groups is 1. The second kappa shape index (κ2) is 9.40. The minimum absolute atomic E-state index is 0.267. The van der Waals surface area contributed by atoms with Gasteiger partial charge in [0.25, 0.3) is 0 Å². The van der Waals surface area contributed by atoms with Crippen molar-refractivity contribution in [1.82, 2.24) is 10.6 Å². The Labute approximate surface area is 140 Å². The zero-order valence-corrected chi connectivity index (χ0v) is 15.3. The van der Waals surface area contributed by atoms with E-state index in [1.165, 1.54) is 5.56 Å². The van der Waals surface area contributed by atoms with Crippen molar-refractivity contribution in [2.45, 2.75) is 39.2 Å². The predicted octanol–water partition coefficient (Wildman–Crippen LogP) is 2.78. The molecule has 1 aromatic carbocycles. The van der Waals surface area contributed by atoms with Gasteiger partial charge in [-0.2, -0.15) is 0 Å². The van der Waals surface area contributed by atoms with E-state index in [1.54, 1.807) is 14.2 Å². The molecule has 5 heteroatoms. The Morgan fingerprint density at radius 1 is 1.22 bits per heavy atom. The summed E-state index contributed by atoms with van der Waals surface area (Å²) < 4.78 is 10.8. The standard InChI is InChI=1S/C18H31N3O2/c1-7-19-17(21-13-18(3,4)23-6)20-12-14(2)15-10-8-9-11-16(15)22-5/h8-11,14H,7,12-13H2,1-6H3,(H2,19,20,21). The van der Waals surface area contributed by atoms with E-state index >= 15 is 0 Å². The Bertz CT molecular complexity index is 501. The summed E-state index contributed by atoms with van der Waals surface area (Å²) in [6, 6.07) is 8.12. The highest BCUT2D eigenvalue weighted by molar-refractivity contribution is 5.79. The molecule has 1 unspecified atom stereocenters. The van der Waals surface area contributed by atoms with E-state index in [1.807, 2.05) is 32.0 Å². The van der Waals surface area contributed by atoms with Crippen molar-refractivity contribution in [3.8, 4) is 5.75 Å². The molecule has 23 heavy (non-hydrogen) atoms. The molecule has 0 spiro atoms. The van der Waals surface area contributed by atoms with Gasteiger partial charge in [0, 0.05) is 26.1 Å². The summed E-state index contributed by atoms with van der Waals surface area (Å²) in [4.78, 5) is 4.60. The van der Waals surface area contributed by atoms with Gasteiger partial charge in [-0.1, -0.05) is 25.1 Å². The lowest BCUT2D eigenvalue weighted by Gasteiger charge is -2.22. The topological polar surface area (TPSA) is 54.9 Å². The van der Waals surface area contributed by atoms with Crippen LogP contribution in [0.1, 0.15) is 39.2 Å². The molecule has 1 rings (SSSR count). The van der Waals surface area contributed by atoms with E-state index in [9.17, 15) is 0 Å². The third-order valence-corrected chi connectivity index (χ3v) is 3.76. The lowest BCUT2D eigenvalue weighted by atomic mass is 10.0. The Hall–Kier alpha value is -1.75. The fourth-order valence-corrected chi connectivity index (χ4v) is 2.11. The van der Waals surface area contributed by atoms with Gasteiger partial charge < -0.3 is 20.1 Å². The summed E-state index contributed by atoms with van der Waals surface area (Å²) in [5.41, 5.74) is 0.923. The Morgan fingerprint density at radius 2 is 1.91 bits per heavy atom. The molecule has 5 nitrogen and oxygen atoms in total. The molecular formula is C18H31N3O2. The van der Waals surface area contributed by atoms with Gasteiger partial charge in [-0.3, -0.25) is 4.99 Å². The van der Waals surface area contributed by atoms with Crippen LogP contribution in [0.3, 0.4) is 0 Å². The molecule has 0 amide bonds. The first-order valence-corrected chi connectivity index (χ1v) is 8.13. The summed E-state index contributed by atoms with van der Waals surface area (Å²) in [7, 11) is 3.41. The number of aliphatic imine (C=N–C) groups is 1. The fraction of sp³-hybridized carbons (Fsp3) is 0.611. The normalized spacial score (nSPS) is 13.6. The quantitative estimate of drug-likeness (QED) is 0.571. The van der Waals surface area contributed by atoms with Crippen LogP contribution >= 0.6 is 0 Å². The summed E-state index contributed by atoms with van der Waals surface area (Å²) in [6.07, 6.45) is 0. The van der Waals surface area contributed by atoms with E-state index in [0.29, 0.717) is 12.5 Å². The van der Waals surface area contributed by atoms with E-state index in [2.05, 4.69) is 35.5 Å². The molecule has 0 bridgehead atoms. The SMILES string of the molecule is CCNC(=NCC(C)(C)OC)NCC(C)c1ccccc1OC. The zero-order valence-electron chi connectivity index (χ0n) is 15.3. The maximum absolute atomic E-state index is 5.44. The first-order valence-electron chi connectivity index (χ1n) is 8.13. The number of hydrogen-bond donors (Lipinski definition) is 2. The molecule has 0 saturated carbocycles. The molecule has 0 aliphatic heterocycles. The number of ether oxygens (including phenoxy) is 2. The van der Waals surface area contributed by atoms with Crippen LogP contribution in [0.5, 0.6) is 5.75 Å². The van der Waals surface area contributed by atoms with Crippen molar-refractivity contribution in [1.29, 1.82) is 0 Å². The van der Waals surface area contributed by atoms with Crippen LogP contribution in [0.15, 0.2) is 29.3 Å². The first kappa shape index (κ1) is 19.3. The molecule has 1 aromatic rings. The molecule has 0 radical (unpaired) electrons. The monoisotopic (exact) mass is 321 g/mol. The number of nitrogens with one attached hydrogen (secondary N) is 2. The molecule has 0 saturated heterocycles. The third kappa shape index (κ3) is 6.48. The average molecular weight is 321 g/mol. The summed E-state index contributed by atoms with van der Waals surface area (Å²) in [6.45, 7) is 10.5. The summed E-state index contributed by atoms with van der Waals surface area (Å²) >= 11 is 0. The van der Waals surface area contributed by atoms with Crippen LogP contribution in [0, 0.1) is 0 Å². The third-order valence-electron chi connectivity index (χ3n) is 3.76.